The van der Waals surface area contributed by atoms with E-state index in [9.17, 15) is 10.1 Å². The zero-order chi connectivity index (χ0) is 12.8. The lowest BCUT2D eigenvalue weighted by Gasteiger charge is -2.22. The van der Waals surface area contributed by atoms with Crippen LogP contribution in [0.5, 0.6) is 5.88 Å². The number of aromatic nitrogens is 1. The molecule has 1 saturated heterocycles. The Labute approximate surface area is 106 Å². The molecule has 0 radical (unpaired) electrons. The Bertz CT molecular complexity index is 388. The zero-order valence-electron chi connectivity index (χ0n) is 10.2. The van der Waals surface area contributed by atoms with Gasteiger partial charge >= 0.3 is 0 Å². The molecule has 0 saturated carbocycles. The molecule has 6 nitrogen and oxygen atoms in total. The second-order valence-electron chi connectivity index (χ2n) is 4.46. The lowest BCUT2D eigenvalue weighted by molar-refractivity contribution is -0.385. The van der Waals surface area contributed by atoms with Gasteiger partial charge in [0.1, 0.15) is 6.20 Å². The summed E-state index contributed by atoms with van der Waals surface area (Å²) in [6.45, 7) is 2.77. The van der Waals surface area contributed by atoms with Gasteiger partial charge in [-0.3, -0.25) is 10.1 Å². The molecule has 1 aliphatic heterocycles. The number of nitro groups is 1. The van der Waals surface area contributed by atoms with Crippen LogP contribution >= 0.6 is 0 Å². The lowest BCUT2D eigenvalue weighted by atomic mass is 9.97. The first-order chi connectivity index (χ1) is 8.75. The van der Waals surface area contributed by atoms with Crippen LogP contribution in [-0.4, -0.2) is 29.6 Å². The van der Waals surface area contributed by atoms with Crippen LogP contribution in [0.4, 0.5) is 5.69 Å². The summed E-state index contributed by atoms with van der Waals surface area (Å²) in [7, 11) is 0. The SMILES string of the molecule is O=[N+]([O-])c1ccc(OCC[C@H]2CCCNC2)nc1. The second kappa shape index (κ2) is 6.30. The Morgan fingerprint density at radius 2 is 2.44 bits per heavy atom. The molecule has 1 atom stereocenters. The first-order valence-electron chi connectivity index (χ1n) is 6.19. The Morgan fingerprint density at radius 3 is 3.06 bits per heavy atom. The van der Waals surface area contributed by atoms with Crippen LogP contribution < -0.4 is 10.1 Å². The van der Waals surface area contributed by atoms with E-state index in [0.717, 1.165) is 19.5 Å². The molecule has 1 aromatic rings. The Balaban J connectivity index is 1.74. The van der Waals surface area contributed by atoms with Crippen molar-refractivity contribution in [3.63, 3.8) is 0 Å². The second-order valence-corrected chi connectivity index (χ2v) is 4.46. The molecule has 2 rings (SSSR count). The van der Waals surface area contributed by atoms with Gasteiger partial charge in [-0.05, 0) is 38.3 Å². The number of rotatable bonds is 5. The van der Waals surface area contributed by atoms with Gasteiger partial charge in [0.15, 0.2) is 0 Å². The lowest BCUT2D eigenvalue weighted by Crippen LogP contribution is -2.30. The maximum Gasteiger partial charge on any atom is 0.287 e. The number of piperidine rings is 1. The number of nitrogens with one attached hydrogen (secondary N) is 1. The van der Waals surface area contributed by atoms with E-state index in [1.165, 1.54) is 31.2 Å². The van der Waals surface area contributed by atoms with E-state index in [-0.39, 0.29) is 5.69 Å². The number of ether oxygens (including phenoxy) is 1. The van der Waals surface area contributed by atoms with E-state index in [1.807, 2.05) is 0 Å². The highest BCUT2D eigenvalue weighted by Crippen LogP contribution is 2.16. The predicted molar refractivity (Wildman–Crippen MR) is 66.6 cm³/mol. The maximum absolute atomic E-state index is 10.5. The number of nitrogens with zero attached hydrogens (tertiary/aromatic N) is 2. The van der Waals surface area contributed by atoms with Gasteiger partial charge in [-0.15, -0.1) is 0 Å². The summed E-state index contributed by atoms with van der Waals surface area (Å²) in [6.07, 6.45) is 4.67. The monoisotopic (exact) mass is 251 g/mol. The largest absolute Gasteiger partial charge is 0.478 e. The highest BCUT2D eigenvalue weighted by Gasteiger charge is 2.13. The minimum Gasteiger partial charge on any atom is -0.478 e. The van der Waals surface area contributed by atoms with Crippen molar-refractivity contribution in [1.82, 2.24) is 10.3 Å². The van der Waals surface area contributed by atoms with Crippen LogP contribution in [0.15, 0.2) is 18.3 Å². The minimum absolute atomic E-state index is 0.0150. The summed E-state index contributed by atoms with van der Waals surface area (Å²) in [4.78, 5) is 13.9. The molecule has 0 aliphatic carbocycles. The first kappa shape index (κ1) is 12.8. The normalized spacial score (nSPS) is 19.4. The minimum atomic E-state index is -0.468. The fourth-order valence-electron chi connectivity index (χ4n) is 2.07. The quantitative estimate of drug-likeness (QED) is 0.637. The summed E-state index contributed by atoms with van der Waals surface area (Å²) in [5.74, 6) is 1.11. The van der Waals surface area contributed by atoms with E-state index in [1.54, 1.807) is 0 Å². The van der Waals surface area contributed by atoms with Crippen molar-refractivity contribution in [1.29, 1.82) is 0 Å². The average molecular weight is 251 g/mol. The molecule has 18 heavy (non-hydrogen) atoms. The molecule has 1 fully saturated rings. The van der Waals surface area contributed by atoms with Gasteiger partial charge < -0.3 is 10.1 Å². The van der Waals surface area contributed by atoms with Crippen molar-refractivity contribution in [2.45, 2.75) is 19.3 Å². The van der Waals surface area contributed by atoms with Gasteiger partial charge in [-0.1, -0.05) is 0 Å². The summed E-state index contributed by atoms with van der Waals surface area (Å²) < 4.78 is 5.48. The molecule has 1 aromatic heterocycles. The van der Waals surface area contributed by atoms with E-state index in [4.69, 9.17) is 4.74 Å². The third-order valence-electron chi connectivity index (χ3n) is 3.11. The highest BCUT2D eigenvalue weighted by atomic mass is 16.6. The van der Waals surface area contributed by atoms with Gasteiger partial charge in [0.2, 0.25) is 5.88 Å². The molecular weight excluding hydrogens is 234 g/mol. The summed E-state index contributed by atoms with van der Waals surface area (Å²) in [6, 6.07) is 2.95. The summed E-state index contributed by atoms with van der Waals surface area (Å²) in [5.41, 5.74) is -0.0150. The maximum atomic E-state index is 10.5. The van der Waals surface area contributed by atoms with Crippen molar-refractivity contribution in [3.8, 4) is 5.88 Å². The third-order valence-corrected chi connectivity index (χ3v) is 3.11. The molecule has 0 aromatic carbocycles. The number of pyridine rings is 1. The molecule has 0 unspecified atom stereocenters. The fourth-order valence-corrected chi connectivity index (χ4v) is 2.07. The van der Waals surface area contributed by atoms with Crippen molar-refractivity contribution in [2.24, 2.45) is 5.92 Å². The Morgan fingerprint density at radius 1 is 1.56 bits per heavy atom. The van der Waals surface area contributed by atoms with Gasteiger partial charge in [-0.25, -0.2) is 4.98 Å². The molecule has 0 amide bonds. The summed E-state index contributed by atoms with van der Waals surface area (Å²) in [5, 5.41) is 13.8. The topological polar surface area (TPSA) is 77.3 Å². The van der Waals surface area contributed by atoms with E-state index in [0.29, 0.717) is 18.4 Å². The fraction of sp³-hybridized carbons (Fsp3) is 0.583. The van der Waals surface area contributed by atoms with Crippen molar-refractivity contribution in [2.75, 3.05) is 19.7 Å². The van der Waals surface area contributed by atoms with Crippen LogP contribution in [0.3, 0.4) is 0 Å². The standard InChI is InChI=1S/C12H17N3O3/c16-15(17)11-3-4-12(14-9-11)18-7-5-10-2-1-6-13-8-10/h3-4,9-10,13H,1-2,5-8H2/t10-/m1/s1. The molecule has 0 bridgehead atoms. The molecule has 1 N–H and O–H groups in total. The van der Waals surface area contributed by atoms with Crippen LogP contribution in [0.25, 0.3) is 0 Å². The zero-order valence-corrected chi connectivity index (χ0v) is 10.2. The molecule has 6 heteroatoms. The molecule has 2 heterocycles. The van der Waals surface area contributed by atoms with E-state index in [2.05, 4.69) is 10.3 Å². The number of hydrogen-bond donors (Lipinski definition) is 1. The predicted octanol–water partition coefficient (Wildman–Crippen LogP) is 1.76. The third kappa shape index (κ3) is 3.66. The van der Waals surface area contributed by atoms with Crippen LogP contribution in [0, 0.1) is 16.0 Å². The number of hydrogen-bond acceptors (Lipinski definition) is 5. The van der Waals surface area contributed by atoms with Crippen molar-refractivity contribution < 1.29 is 9.66 Å². The van der Waals surface area contributed by atoms with Gasteiger partial charge in [0, 0.05) is 12.1 Å². The van der Waals surface area contributed by atoms with E-state index < -0.39 is 4.92 Å². The molecule has 0 spiro atoms. The smallest absolute Gasteiger partial charge is 0.287 e. The Kier molecular flexibility index (Phi) is 4.46. The van der Waals surface area contributed by atoms with Gasteiger partial charge in [0.05, 0.1) is 11.5 Å². The van der Waals surface area contributed by atoms with Gasteiger partial charge in [-0.2, -0.15) is 0 Å². The van der Waals surface area contributed by atoms with Crippen LogP contribution in [-0.2, 0) is 0 Å². The van der Waals surface area contributed by atoms with E-state index >= 15 is 0 Å². The highest BCUT2D eigenvalue weighted by molar-refractivity contribution is 5.28. The Hall–Kier alpha value is -1.69. The van der Waals surface area contributed by atoms with Crippen molar-refractivity contribution >= 4 is 5.69 Å². The molecule has 98 valence electrons. The average Bonchev–Trinajstić information content (AvgIpc) is 2.40. The summed E-state index contributed by atoms with van der Waals surface area (Å²) >= 11 is 0. The molecule has 1 aliphatic rings. The van der Waals surface area contributed by atoms with Crippen LogP contribution in [0.2, 0.25) is 0 Å². The van der Waals surface area contributed by atoms with Crippen LogP contribution in [0.1, 0.15) is 19.3 Å². The molecular formula is C12H17N3O3. The first-order valence-corrected chi connectivity index (χ1v) is 6.19. The van der Waals surface area contributed by atoms with Crippen molar-refractivity contribution in [3.05, 3.63) is 28.4 Å². The van der Waals surface area contributed by atoms with Gasteiger partial charge in [0.25, 0.3) is 5.69 Å².